The first kappa shape index (κ1) is 20.6. The van der Waals surface area contributed by atoms with Gasteiger partial charge in [-0.25, -0.2) is 9.78 Å². The molecule has 30 heavy (non-hydrogen) atoms. The van der Waals surface area contributed by atoms with E-state index in [-0.39, 0.29) is 16.4 Å². The van der Waals surface area contributed by atoms with Crippen LogP contribution in [0.4, 0.5) is 10.8 Å². The van der Waals surface area contributed by atoms with Crippen molar-refractivity contribution < 1.29 is 19.2 Å². The third-order valence-electron chi connectivity index (χ3n) is 3.99. The van der Waals surface area contributed by atoms with Crippen molar-refractivity contribution in [2.45, 2.75) is 13.0 Å². The molecule has 0 aliphatic heterocycles. The molecule has 0 bridgehead atoms. The van der Waals surface area contributed by atoms with Crippen molar-refractivity contribution in [3.05, 3.63) is 75.2 Å². The predicted octanol–water partition coefficient (Wildman–Crippen LogP) is 3.77. The Hall–Kier alpha value is -4.10. The summed E-state index contributed by atoms with van der Waals surface area (Å²) in [5, 5.41) is 24.2. The maximum Gasteiger partial charge on any atom is 0.338 e. The zero-order valence-electron chi connectivity index (χ0n) is 15.6. The van der Waals surface area contributed by atoms with E-state index in [0.29, 0.717) is 16.8 Å². The number of nitro groups is 1. The van der Waals surface area contributed by atoms with Gasteiger partial charge in [-0.3, -0.25) is 20.2 Å². The predicted molar refractivity (Wildman–Crippen MR) is 109 cm³/mol. The van der Waals surface area contributed by atoms with E-state index >= 15 is 0 Å². The van der Waals surface area contributed by atoms with Crippen LogP contribution in [0, 0.1) is 21.4 Å². The molecule has 2 aromatic carbocycles. The number of carbonyl (C=O) groups is 2. The van der Waals surface area contributed by atoms with Crippen molar-refractivity contribution >= 4 is 34.0 Å². The summed E-state index contributed by atoms with van der Waals surface area (Å²) in [6.07, 6.45) is -1.08. The average molecular weight is 422 g/mol. The van der Waals surface area contributed by atoms with Crippen LogP contribution in [0.1, 0.15) is 22.8 Å². The Balaban J connectivity index is 1.63. The molecule has 0 saturated heterocycles. The second-order valence-corrected chi connectivity index (χ2v) is 6.93. The molecule has 1 atom stereocenters. The van der Waals surface area contributed by atoms with Gasteiger partial charge in [0.15, 0.2) is 11.2 Å². The molecule has 3 rings (SSSR count). The van der Waals surface area contributed by atoms with E-state index in [0.717, 1.165) is 11.3 Å². The normalized spacial score (nSPS) is 11.2. The highest BCUT2D eigenvalue weighted by atomic mass is 32.1. The number of aromatic nitrogens is 1. The van der Waals surface area contributed by atoms with Gasteiger partial charge in [0, 0.05) is 23.1 Å². The lowest BCUT2D eigenvalue weighted by Gasteiger charge is -2.12. The smallest absolute Gasteiger partial charge is 0.338 e. The number of ether oxygens (including phenoxy) is 1. The number of rotatable bonds is 6. The van der Waals surface area contributed by atoms with E-state index in [2.05, 4.69) is 10.3 Å². The van der Waals surface area contributed by atoms with Crippen LogP contribution in [0.5, 0.6) is 0 Å². The van der Waals surface area contributed by atoms with Crippen LogP contribution in [0.2, 0.25) is 0 Å². The fraction of sp³-hybridized carbons (Fsp3) is 0.100. The molecule has 0 spiro atoms. The maximum absolute atomic E-state index is 12.3. The maximum atomic E-state index is 12.3. The van der Waals surface area contributed by atoms with Crippen LogP contribution >= 0.6 is 11.3 Å². The summed E-state index contributed by atoms with van der Waals surface area (Å²) in [4.78, 5) is 39.1. The standard InChI is InChI=1S/C20H14N4O5S/c1-12(29-19(26)14-7-5-13(10-21)6-8-14)18(25)23-20-22-17(11-30-20)15-3-2-4-16(9-15)24(27)28/h2-9,11-12H,1H3,(H,22,23,25)/t12-/m0/s1. The molecular formula is C20H14N4O5S. The Morgan fingerprint density at radius 1 is 1.27 bits per heavy atom. The number of nitriles is 1. The number of thiazole rings is 1. The summed E-state index contributed by atoms with van der Waals surface area (Å²) in [5.74, 6) is -1.27. The van der Waals surface area contributed by atoms with Gasteiger partial charge >= 0.3 is 5.97 Å². The second-order valence-electron chi connectivity index (χ2n) is 6.07. The molecule has 1 aromatic heterocycles. The number of hydrogen-bond donors (Lipinski definition) is 1. The first-order chi connectivity index (χ1) is 14.4. The van der Waals surface area contributed by atoms with E-state index < -0.39 is 22.9 Å². The number of esters is 1. The number of amides is 1. The molecule has 0 aliphatic rings. The minimum atomic E-state index is -1.08. The van der Waals surface area contributed by atoms with Gasteiger partial charge in [0.25, 0.3) is 11.6 Å². The fourth-order valence-electron chi connectivity index (χ4n) is 2.41. The Labute approximate surface area is 174 Å². The number of nitrogens with one attached hydrogen (secondary N) is 1. The summed E-state index contributed by atoms with van der Waals surface area (Å²) in [6.45, 7) is 1.42. The number of benzene rings is 2. The SMILES string of the molecule is C[C@H](OC(=O)c1ccc(C#N)cc1)C(=O)Nc1nc(-c2cccc([N+](=O)[O-])c2)cs1. The third-order valence-corrected chi connectivity index (χ3v) is 4.75. The number of nitro benzene ring substituents is 1. The summed E-state index contributed by atoms with van der Waals surface area (Å²) in [6, 6.07) is 13.8. The largest absolute Gasteiger partial charge is 0.449 e. The van der Waals surface area contributed by atoms with Gasteiger partial charge < -0.3 is 4.74 Å². The van der Waals surface area contributed by atoms with Crippen molar-refractivity contribution in [1.29, 1.82) is 5.26 Å². The Morgan fingerprint density at radius 2 is 2.00 bits per heavy atom. The highest BCUT2D eigenvalue weighted by molar-refractivity contribution is 7.14. The lowest BCUT2D eigenvalue weighted by atomic mass is 10.1. The zero-order chi connectivity index (χ0) is 21.7. The quantitative estimate of drug-likeness (QED) is 0.363. The van der Waals surface area contributed by atoms with E-state index in [4.69, 9.17) is 10.00 Å². The van der Waals surface area contributed by atoms with Gasteiger partial charge in [-0.2, -0.15) is 5.26 Å². The molecule has 0 fully saturated rings. The van der Waals surface area contributed by atoms with Crippen molar-refractivity contribution in [1.82, 2.24) is 4.98 Å². The highest BCUT2D eigenvalue weighted by Crippen LogP contribution is 2.27. The molecule has 0 saturated carbocycles. The van der Waals surface area contributed by atoms with Crippen molar-refractivity contribution in [3.63, 3.8) is 0 Å². The number of anilines is 1. The Morgan fingerprint density at radius 3 is 2.67 bits per heavy atom. The van der Waals surface area contributed by atoms with E-state index in [9.17, 15) is 19.7 Å². The lowest BCUT2D eigenvalue weighted by Crippen LogP contribution is -2.29. The topological polar surface area (TPSA) is 135 Å². The number of non-ortho nitro benzene ring substituents is 1. The molecular weight excluding hydrogens is 408 g/mol. The van der Waals surface area contributed by atoms with Gasteiger partial charge in [0.05, 0.1) is 27.8 Å². The number of carbonyl (C=O) groups excluding carboxylic acids is 2. The second kappa shape index (κ2) is 8.93. The summed E-state index contributed by atoms with van der Waals surface area (Å²) in [5.41, 5.74) is 1.58. The summed E-state index contributed by atoms with van der Waals surface area (Å²) < 4.78 is 5.15. The van der Waals surface area contributed by atoms with Crippen LogP contribution in [-0.2, 0) is 9.53 Å². The van der Waals surface area contributed by atoms with Crippen LogP contribution in [0.15, 0.2) is 53.9 Å². The molecule has 1 amide bonds. The minimum absolute atomic E-state index is 0.0607. The minimum Gasteiger partial charge on any atom is -0.449 e. The average Bonchev–Trinajstić information content (AvgIpc) is 3.22. The molecule has 9 nitrogen and oxygen atoms in total. The molecule has 3 aromatic rings. The molecule has 1 N–H and O–H groups in total. The molecule has 0 unspecified atom stereocenters. The van der Waals surface area contributed by atoms with E-state index in [1.54, 1.807) is 17.5 Å². The highest BCUT2D eigenvalue weighted by Gasteiger charge is 2.20. The van der Waals surface area contributed by atoms with Crippen LogP contribution < -0.4 is 5.32 Å². The first-order valence-electron chi connectivity index (χ1n) is 8.59. The van der Waals surface area contributed by atoms with Crippen molar-refractivity contribution in [3.8, 4) is 17.3 Å². The lowest BCUT2D eigenvalue weighted by molar-refractivity contribution is -0.384. The Kier molecular flexibility index (Phi) is 6.14. The number of nitrogens with zero attached hydrogens (tertiary/aromatic N) is 3. The monoisotopic (exact) mass is 422 g/mol. The molecule has 0 radical (unpaired) electrons. The van der Waals surface area contributed by atoms with E-state index in [1.165, 1.54) is 43.3 Å². The van der Waals surface area contributed by atoms with Gasteiger partial charge in [-0.15, -0.1) is 11.3 Å². The Bertz CT molecular complexity index is 1150. The zero-order valence-corrected chi connectivity index (χ0v) is 16.4. The molecule has 150 valence electrons. The van der Waals surface area contributed by atoms with Gasteiger partial charge in [0.1, 0.15) is 0 Å². The molecule has 1 heterocycles. The van der Waals surface area contributed by atoms with Crippen LogP contribution in [0.25, 0.3) is 11.3 Å². The summed E-state index contributed by atoms with van der Waals surface area (Å²) in [7, 11) is 0. The van der Waals surface area contributed by atoms with Crippen molar-refractivity contribution in [2.75, 3.05) is 5.32 Å². The van der Waals surface area contributed by atoms with Crippen LogP contribution in [-0.4, -0.2) is 27.9 Å². The molecule has 10 heteroatoms. The van der Waals surface area contributed by atoms with Crippen molar-refractivity contribution in [2.24, 2.45) is 0 Å². The van der Waals surface area contributed by atoms with Crippen LogP contribution in [0.3, 0.4) is 0 Å². The molecule has 0 aliphatic carbocycles. The number of hydrogen-bond acceptors (Lipinski definition) is 8. The van der Waals surface area contributed by atoms with Gasteiger partial charge in [-0.05, 0) is 31.2 Å². The fourth-order valence-corrected chi connectivity index (χ4v) is 3.14. The third kappa shape index (κ3) is 4.84. The van der Waals surface area contributed by atoms with Gasteiger partial charge in [0.2, 0.25) is 0 Å². The van der Waals surface area contributed by atoms with Gasteiger partial charge in [-0.1, -0.05) is 12.1 Å². The summed E-state index contributed by atoms with van der Waals surface area (Å²) >= 11 is 1.14. The van der Waals surface area contributed by atoms with E-state index in [1.807, 2.05) is 6.07 Å². The first-order valence-corrected chi connectivity index (χ1v) is 9.47.